The zero-order valence-corrected chi connectivity index (χ0v) is 7.50. The van der Waals surface area contributed by atoms with Crippen LogP contribution in [0, 0.1) is 6.92 Å². The van der Waals surface area contributed by atoms with Crippen LogP contribution in [0.3, 0.4) is 0 Å². The average molecular weight is 169 g/mol. The molecule has 0 aliphatic rings. The van der Waals surface area contributed by atoms with Gasteiger partial charge in [-0.15, -0.1) is 0 Å². The Morgan fingerprint density at radius 2 is 2.25 bits per heavy atom. The molecule has 1 unspecified atom stereocenters. The van der Waals surface area contributed by atoms with Gasteiger partial charge in [-0.25, -0.2) is 0 Å². The number of nitrogens with two attached hydrogens (primary N) is 1. The maximum absolute atomic E-state index is 8.90. The standard InChI is InChI=1S/C9H15NO2/c1-7-3-4-8(12-7)5-9(2,10)6-11/h3-4,11H,5-6,10H2,1-2H3. The van der Waals surface area contributed by atoms with Crippen molar-refractivity contribution in [3.63, 3.8) is 0 Å². The van der Waals surface area contributed by atoms with Gasteiger partial charge in [-0.3, -0.25) is 0 Å². The topological polar surface area (TPSA) is 59.4 Å². The van der Waals surface area contributed by atoms with Gasteiger partial charge < -0.3 is 15.3 Å². The van der Waals surface area contributed by atoms with Gasteiger partial charge in [-0.05, 0) is 26.0 Å². The monoisotopic (exact) mass is 169 g/mol. The molecule has 0 fully saturated rings. The molecule has 0 bridgehead atoms. The van der Waals surface area contributed by atoms with Gasteiger partial charge >= 0.3 is 0 Å². The van der Waals surface area contributed by atoms with E-state index in [1.165, 1.54) is 0 Å². The lowest BCUT2D eigenvalue weighted by atomic mass is 9.99. The number of aliphatic hydroxyl groups is 1. The van der Waals surface area contributed by atoms with Crippen molar-refractivity contribution in [2.24, 2.45) is 5.73 Å². The normalized spacial score (nSPS) is 16.0. The molecule has 1 aromatic rings. The minimum Gasteiger partial charge on any atom is -0.466 e. The van der Waals surface area contributed by atoms with Gasteiger partial charge in [0.25, 0.3) is 0 Å². The van der Waals surface area contributed by atoms with Gasteiger partial charge in [-0.1, -0.05) is 0 Å². The molecule has 1 atom stereocenters. The van der Waals surface area contributed by atoms with Crippen LogP contribution in [0.1, 0.15) is 18.4 Å². The molecular weight excluding hydrogens is 154 g/mol. The number of aliphatic hydroxyl groups excluding tert-OH is 1. The maximum atomic E-state index is 8.90. The third-order valence-corrected chi connectivity index (χ3v) is 1.74. The van der Waals surface area contributed by atoms with E-state index in [2.05, 4.69) is 0 Å². The summed E-state index contributed by atoms with van der Waals surface area (Å²) in [4.78, 5) is 0. The molecule has 0 aromatic carbocycles. The Kier molecular flexibility index (Phi) is 2.55. The summed E-state index contributed by atoms with van der Waals surface area (Å²) >= 11 is 0. The van der Waals surface area contributed by atoms with Crippen LogP contribution in [0.25, 0.3) is 0 Å². The molecule has 12 heavy (non-hydrogen) atoms. The minimum atomic E-state index is -0.579. The highest BCUT2D eigenvalue weighted by atomic mass is 16.3. The van der Waals surface area contributed by atoms with Gasteiger partial charge in [0, 0.05) is 12.0 Å². The van der Waals surface area contributed by atoms with E-state index in [0.717, 1.165) is 11.5 Å². The molecule has 3 N–H and O–H groups in total. The summed E-state index contributed by atoms with van der Waals surface area (Å²) in [5.74, 6) is 1.70. The first-order valence-electron chi connectivity index (χ1n) is 3.98. The first-order valence-corrected chi connectivity index (χ1v) is 3.98. The lowest BCUT2D eigenvalue weighted by Crippen LogP contribution is -2.42. The first-order chi connectivity index (χ1) is 5.53. The molecule has 3 nitrogen and oxygen atoms in total. The van der Waals surface area contributed by atoms with Gasteiger partial charge in [0.1, 0.15) is 11.5 Å². The molecule has 1 aromatic heterocycles. The fourth-order valence-electron chi connectivity index (χ4n) is 1.03. The third kappa shape index (κ3) is 2.36. The Hall–Kier alpha value is -0.800. The maximum Gasteiger partial charge on any atom is 0.106 e. The van der Waals surface area contributed by atoms with Crippen molar-refractivity contribution in [1.29, 1.82) is 0 Å². The van der Waals surface area contributed by atoms with Crippen LogP contribution in [0.4, 0.5) is 0 Å². The van der Waals surface area contributed by atoms with E-state index in [0.29, 0.717) is 6.42 Å². The fourth-order valence-corrected chi connectivity index (χ4v) is 1.03. The van der Waals surface area contributed by atoms with Gasteiger partial charge in [0.2, 0.25) is 0 Å². The van der Waals surface area contributed by atoms with E-state index in [1.807, 2.05) is 19.1 Å². The number of rotatable bonds is 3. The molecule has 1 heterocycles. The molecule has 3 heteroatoms. The number of hydrogen-bond acceptors (Lipinski definition) is 3. The van der Waals surface area contributed by atoms with E-state index in [-0.39, 0.29) is 6.61 Å². The van der Waals surface area contributed by atoms with Gasteiger partial charge in [0.05, 0.1) is 6.61 Å². The summed E-state index contributed by atoms with van der Waals surface area (Å²) in [6.07, 6.45) is 0.567. The number of hydrogen-bond donors (Lipinski definition) is 2. The van der Waals surface area contributed by atoms with Crippen LogP contribution < -0.4 is 5.73 Å². The van der Waals surface area contributed by atoms with Crippen molar-refractivity contribution in [3.8, 4) is 0 Å². The SMILES string of the molecule is Cc1ccc(CC(C)(N)CO)o1. The van der Waals surface area contributed by atoms with E-state index >= 15 is 0 Å². The molecule has 0 radical (unpaired) electrons. The second-order valence-electron chi connectivity index (χ2n) is 3.50. The van der Waals surface area contributed by atoms with Crippen LogP contribution in [-0.4, -0.2) is 17.3 Å². The van der Waals surface area contributed by atoms with Crippen molar-refractivity contribution >= 4 is 0 Å². The molecule has 0 amide bonds. The largest absolute Gasteiger partial charge is 0.466 e. The van der Waals surface area contributed by atoms with Crippen LogP contribution >= 0.6 is 0 Å². The predicted molar refractivity (Wildman–Crippen MR) is 46.8 cm³/mol. The van der Waals surface area contributed by atoms with Crippen molar-refractivity contribution in [1.82, 2.24) is 0 Å². The zero-order chi connectivity index (χ0) is 9.19. The molecule has 0 aliphatic heterocycles. The van der Waals surface area contributed by atoms with Gasteiger partial charge in [0.15, 0.2) is 0 Å². The summed E-state index contributed by atoms with van der Waals surface area (Å²) in [5.41, 5.74) is 5.17. The Morgan fingerprint density at radius 1 is 1.58 bits per heavy atom. The van der Waals surface area contributed by atoms with E-state index < -0.39 is 5.54 Å². The quantitative estimate of drug-likeness (QED) is 0.705. The molecule has 0 aliphatic carbocycles. The van der Waals surface area contributed by atoms with Crippen molar-refractivity contribution in [3.05, 3.63) is 23.7 Å². The van der Waals surface area contributed by atoms with Gasteiger partial charge in [-0.2, -0.15) is 0 Å². The Balaban J connectivity index is 2.63. The van der Waals surface area contributed by atoms with E-state index in [9.17, 15) is 0 Å². The van der Waals surface area contributed by atoms with Crippen molar-refractivity contribution in [2.75, 3.05) is 6.61 Å². The van der Waals surface area contributed by atoms with Crippen LogP contribution in [0.2, 0.25) is 0 Å². The highest BCUT2D eigenvalue weighted by Crippen LogP contribution is 2.12. The molecule has 0 saturated carbocycles. The number of furan rings is 1. The lowest BCUT2D eigenvalue weighted by Gasteiger charge is -2.19. The summed E-state index contributed by atoms with van der Waals surface area (Å²) in [7, 11) is 0. The molecule has 0 saturated heterocycles. The van der Waals surface area contributed by atoms with Crippen molar-refractivity contribution in [2.45, 2.75) is 25.8 Å². The average Bonchev–Trinajstić information content (AvgIpc) is 2.35. The van der Waals surface area contributed by atoms with Crippen LogP contribution in [0.5, 0.6) is 0 Å². The summed E-state index contributed by atoms with van der Waals surface area (Å²) in [6, 6.07) is 3.78. The Morgan fingerprint density at radius 3 is 2.67 bits per heavy atom. The second kappa shape index (κ2) is 3.29. The lowest BCUT2D eigenvalue weighted by molar-refractivity contribution is 0.201. The molecule has 0 spiro atoms. The first kappa shape index (κ1) is 9.29. The Labute approximate surface area is 72.2 Å². The minimum absolute atomic E-state index is 0.0350. The second-order valence-corrected chi connectivity index (χ2v) is 3.50. The fraction of sp³-hybridized carbons (Fsp3) is 0.556. The Bertz CT molecular complexity index is 253. The smallest absolute Gasteiger partial charge is 0.106 e. The molecule has 1 rings (SSSR count). The van der Waals surface area contributed by atoms with E-state index in [4.69, 9.17) is 15.3 Å². The summed E-state index contributed by atoms with van der Waals surface area (Å²) in [6.45, 7) is 3.65. The summed E-state index contributed by atoms with van der Waals surface area (Å²) < 4.78 is 5.33. The van der Waals surface area contributed by atoms with Crippen LogP contribution in [-0.2, 0) is 6.42 Å². The van der Waals surface area contributed by atoms with Crippen molar-refractivity contribution < 1.29 is 9.52 Å². The zero-order valence-electron chi connectivity index (χ0n) is 7.50. The predicted octanol–water partition coefficient (Wildman–Crippen LogP) is 0.840. The highest BCUT2D eigenvalue weighted by molar-refractivity contribution is 5.08. The van der Waals surface area contributed by atoms with E-state index in [1.54, 1.807) is 6.92 Å². The molecule has 68 valence electrons. The highest BCUT2D eigenvalue weighted by Gasteiger charge is 2.19. The van der Waals surface area contributed by atoms with Crippen LogP contribution in [0.15, 0.2) is 16.5 Å². The number of aryl methyl sites for hydroxylation is 1. The molecular formula is C9H15NO2. The third-order valence-electron chi connectivity index (χ3n) is 1.74. The summed E-state index contributed by atoms with van der Waals surface area (Å²) in [5, 5.41) is 8.90.